The molecule has 316 valence electrons. The molecule has 2 atom stereocenters. The number of rotatable bonds is 8. The Morgan fingerprint density at radius 3 is 1.35 bits per heavy atom. The Balaban J connectivity index is 0.000000338. The topological polar surface area (TPSA) is 172 Å². The minimum atomic E-state index is -0.0301. The average Bonchev–Trinajstić information content (AvgIpc) is 3.94. The molecule has 6 amide bonds. The average molecular weight is 774 g/mol. The van der Waals surface area contributed by atoms with Crippen LogP contribution in [0.3, 0.4) is 0 Å². The van der Waals surface area contributed by atoms with Crippen LogP contribution < -0.4 is 21.3 Å². The summed E-state index contributed by atoms with van der Waals surface area (Å²) in [5.41, 5.74) is 0. The number of morpholine rings is 1. The Morgan fingerprint density at radius 1 is 0.537 bits per heavy atom. The van der Waals surface area contributed by atoms with Gasteiger partial charge in [0.15, 0.2) is 0 Å². The van der Waals surface area contributed by atoms with Crippen molar-refractivity contribution in [2.24, 2.45) is 11.8 Å². The Morgan fingerprint density at radius 2 is 1.00 bits per heavy atom. The van der Waals surface area contributed by atoms with Gasteiger partial charge in [0.25, 0.3) is 0 Å². The number of hydrogen-bond donors (Lipinski definition) is 4. The maximum absolute atomic E-state index is 11.3. The summed E-state index contributed by atoms with van der Waals surface area (Å²) >= 11 is 0. The number of ether oxygens (including phenoxy) is 5. The summed E-state index contributed by atoms with van der Waals surface area (Å²) in [4.78, 5) is 50.6. The summed E-state index contributed by atoms with van der Waals surface area (Å²) in [6.45, 7) is 30.6. The van der Waals surface area contributed by atoms with E-state index in [1.807, 2.05) is 55.4 Å². The van der Waals surface area contributed by atoms with Crippen molar-refractivity contribution in [3.05, 3.63) is 0 Å². The molecule has 0 aromatic carbocycles. The lowest BCUT2D eigenvalue weighted by atomic mass is 10.0. The van der Waals surface area contributed by atoms with Crippen LogP contribution in [0.15, 0.2) is 0 Å². The first-order chi connectivity index (χ1) is 25.6. The van der Waals surface area contributed by atoms with E-state index < -0.39 is 0 Å². The van der Waals surface area contributed by atoms with Crippen molar-refractivity contribution in [2.45, 2.75) is 119 Å². The van der Waals surface area contributed by atoms with Gasteiger partial charge >= 0.3 is 12.1 Å². The lowest BCUT2D eigenvalue weighted by molar-refractivity contribution is -0.125. The molecule has 0 aromatic heterocycles. The molecule has 2 unspecified atom stereocenters. The first-order valence-electron chi connectivity index (χ1n) is 19.9. The maximum atomic E-state index is 11.3. The first kappa shape index (κ1) is 49.3. The number of amides is 6. The van der Waals surface area contributed by atoms with Gasteiger partial charge in [0.2, 0.25) is 11.8 Å². The zero-order valence-corrected chi connectivity index (χ0v) is 35.1. The molecule has 0 spiro atoms. The molecular weight excluding hydrogens is 698 g/mol. The van der Waals surface area contributed by atoms with Gasteiger partial charge in [-0.15, -0.1) is 0 Å². The smallest absolute Gasteiger partial charge is 0.319 e. The standard InChI is InChI=1S/C9H17NO2.C8H15NO2.2C7H14N2O2.C7H15NO/c1-7(2)10-9(11)5-8-3-4-12-6-8;1-6(2)9-8(10)7-3-4-11-5-7;2*1-6(2)8-7(10)9-3-4-11-5-9;1-7(2)8-3-5-9-6-4-8/h7-8H,3-6H2,1-2H3,(H,10,11);6-7H,3-5H2,1-2H3,(H,9,10);2*6H,3-5H2,1-2H3,(H,8,10);7H,3-6H2,1-2H3. The van der Waals surface area contributed by atoms with Gasteiger partial charge < -0.3 is 45.0 Å². The van der Waals surface area contributed by atoms with Crippen molar-refractivity contribution >= 4 is 23.9 Å². The molecule has 4 N–H and O–H groups in total. The highest BCUT2D eigenvalue weighted by Crippen LogP contribution is 2.16. The molecule has 5 fully saturated rings. The SMILES string of the molecule is CC(C)N1CCOCC1.CC(C)NC(=O)C1CCOC1.CC(C)NC(=O)CC1CCOC1.CC(C)NC(=O)N1CCOC1.CC(C)NC(=O)N1CCOC1. The van der Waals surface area contributed by atoms with Gasteiger partial charge in [0, 0.05) is 82.6 Å². The number of urea groups is 2. The molecule has 5 heterocycles. The fraction of sp³-hybridized carbons (Fsp3) is 0.895. The van der Waals surface area contributed by atoms with Crippen molar-refractivity contribution < 1.29 is 42.9 Å². The van der Waals surface area contributed by atoms with E-state index in [1.165, 1.54) is 0 Å². The van der Waals surface area contributed by atoms with Crippen molar-refractivity contribution in [1.82, 2.24) is 36.0 Å². The van der Waals surface area contributed by atoms with E-state index in [4.69, 9.17) is 23.7 Å². The van der Waals surface area contributed by atoms with Crippen molar-refractivity contribution in [2.75, 3.05) is 92.5 Å². The van der Waals surface area contributed by atoms with E-state index in [0.717, 1.165) is 59.0 Å². The largest absolute Gasteiger partial charge is 0.381 e. The molecule has 5 aliphatic heterocycles. The van der Waals surface area contributed by atoms with Crippen LogP contribution in [0.2, 0.25) is 0 Å². The fourth-order valence-electron chi connectivity index (χ4n) is 5.45. The van der Waals surface area contributed by atoms with E-state index in [2.05, 4.69) is 40.0 Å². The normalized spacial score (nSPS) is 21.0. The number of carbonyl (C=O) groups excluding carboxylic acids is 4. The van der Waals surface area contributed by atoms with E-state index in [1.54, 1.807) is 9.80 Å². The van der Waals surface area contributed by atoms with Crippen LogP contribution in [0.1, 0.15) is 88.5 Å². The van der Waals surface area contributed by atoms with E-state index in [0.29, 0.717) is 64.8 Å². The van der Waals surface area contributed by atoms with Crippen molar-refractivity contribution in [3.8, 4) is 0 Å². The van der Waals surface area contributed by atoms with E-state index in [9.17, 15) is 19.2 Å². The molecule has 0 aromatic rings. The Kier molecular flexibility index (Phi) is 26.1. The van der Waals surface area contributed by atoms with Gasteiger partial charge in [-0.1, -0.05) is 0 Å². The molecular formula is C38H75N7O9. The Bertz CT molecular complexity index is 938. The number of carbonyl (C=O) groups is 4. The summed E-state index contributed by atoms with van der Waals surface area (Å²) in [5.74, 6) is 0.833. The van der Waals surface area contributed by atoms with Gasteiger partial charge in [0.1, 0.15) is 13.5 Å². The predicted octanol–water partition coefficient (Wildman–Crippen LogP) is 3.00. The van der Waals surface area contributed by atoms with Gasteiger partial charge in [0.05, 0.1) is 39.0 Å². The van der Waals surface area contributed by atoms with Crippen LogP contribution in [-0.2, 0) is 33.3 Å². The van der Waals surface area contributed by atoms with Crippen LogP contribution in [0.5, 0.6) is 0 Å². The zero-order chi connectivity index (χ0) is 40.5. The van der Waals surface area contributed by atoms with Crippen LogP contribution >= 0.6 is 0 Å². The lowest BCUT2D eigenvalue weighted by Crippen LogP contribution is -2.41. The molecule has 0 radical (unpaired) electrons. The minimum Gasteiger partial charge on any atom is -0.381 e. The Hall–Kier alpha value is -2.76. The Labute approximate surface area is 325 Å². The molecule has 16 heteroatoms. The summed E-state index contributed by atoms with van der Waals surface area (Å²) in [5, 5.41) is 11.3. The highest BCUT2D eigenvalue weighted by Gasteiger charge is 2.24. The second kappa shape index (κ2) is 28.6. The monoisotopic (exact) mass is 774 g/mol. The van der Waals surface area contributed by atoms with Crippen LogP contribution in [0.25, 0.3) is 0 Å². The van der Waals surface area contributed by atoms with E-state index in [-0.39, 0.29) is 54.0 Å². The molecule has 5 saturated heterocycles. The summed E-state index contributed by atoms with van der Waals surface area (Å²) in [6, 6.07) is 1.51. The minimum absolute atomic E-state index is 0.0301. The van der Waals surface area contributed by atoms with E-state index >= 15 is 0 Å². The quantitative estimate of drug-likeness (QED) is 0.288. The number of nitrogens with one attached hydrogen (secondary N) is 4. The molecule has 0 aliphatic carbocycles. The highest BCUT2D eigenvalue weighted by atomic mass is 16.5. The molecule has 0 bridgehead atoms. The van der Waals surface area contributed by atoms with Crippen molar-refractivity contribution in [3.63, 3.8) is 0 Å². The summed E-state index contributed by atoms with van der Waals surface area (Å²) < 4.78 is 25.5. The third-order valence-electron chi connectivity index (χ3n) is 8.36. The van der Waals surface area contributed by atoms with Crippen LogP contribution in [0, 0.1) is 11.8 Å². The number of nitrogens with zero attached hydrogens (tertiary/aromatic N) is 3. The van der Waals surface area contributed by atoms with Crippen LogP contribution in [-0.4, -0.2) is 161 Å². The van der Waals surface area contributed by atoms with Gasteiger partial charge in [-0.2, -0.15) is 0 Å². The predicted molar refractivity (Wildman–Crippen MR) is 209 cm³/mol. The zero-order valence-electron chi connectivity index (χ0n) is 35.1. The molecule has 54 heavy (non-hydrogen) atoms. The van der Waals surface area contributed by atoms with Gasteiger partial charge in [-0.05, 0) is 88.0 Å². The molecule has 0 saturated carbocycles. The van der Waals surface area contributed by atoms with Crippen molar-refractivity contribution in [1.29, 1.82) is 0 Å². The van der Waals surface area contributed by atoms with Gasteiger partial charge in [-0.3, -0.25) is 24.3 Å². The second-order valence-electron chi connectivity index (χ2n) is 15.4. The molecule has 16 nitrogen and oxygen atoms in total. The lowest BCUT2D eigenvalue weighted by Gasteiger charge is -2.29. The summed E-state index contributed by atoms with van der Waals surface area (Å²) in [7, 11) is 0. The molecule has 5 aliphatic rings. The third kappa shape index (κ3) is 23.9. The molecule has 5 rings (SSSR count). The fourth-order valence-corrected chi connectivity index (χ4v) is 5.45. The first-order valence-corrected chi connectivity index (χ1v) is 19.9. The highest BCUT2D eigenvalue weighted by molar-refractivity contribution is 5.79. The second-order valence-corrected chi connectivity index (χ2v) is 15.4. The number of hydrogen-bond acceptors (Lipinski definition) is 10. The summed E-state index contributed by atoms with van der Waals surface area (Å²) in [6.07, 6.45) is 2.53. The van der Waals surface area contributed by atoms with Crippen LogP contribution in [0.4, 0.5) is 9.59 Å². The van der Waals surface area contributed by atoms with Gasteiger partial charge in [-0.25, -0.2) is 9.59 Å². The maximum Gasteiger partial charge on any atom is 0.319 e. The third-order valence-corrected chi connectivity index (χ3v) is 8.36.